The quantitative estimate of drug-likeness (QED) is 0.697. The smallest absolute Gasteiger partial charge is 0.341 e. The molecular weight excluding hydrogens is 346 g/mol. The summed E-state index contributed by atoms with van der Waals surface area (Å²) in [6.07, 6.45) is -0.177. The number of Topliss-reactive ketones (excluding diaryl/α,β-unsaturated/α-hetero) is 1. The van der Waals surface area contributed by atoms with Crippen LogP contribution in [0.3, 0.4) is 0 Å². The van der Waals surface area contributed by atoms with Gasteiger partial charge >= 0.3 is 5.97 Å². The van der Waals surface area contributed by atoms with Crippen LogP contribution in [-0.2, 0) is 6.42 Å². The first-order valence-corrected chi connectivity index (χ1v) is 8.81. The number of benzene rings is 1. The summed E-state index contributed by atoms with van der Waals surface area (Å²) in [5.74, 6) is -3.69. The van der Waals surface area contributed by atoms with Crippen LogP contribution < -0.4 is 0 Å². The van der Waals surface area contributed by atoms with Gasteiger partial charge in [-0.25, -0.2) is 13.6 Å². The number of halogens is 2. The number of carboxylic acids is 1. The second-order valence-corrected chi connectivity index (χ2v) is 7.66. The van der Waals surface area contributed by atoms with Gasteiger partial charge in [0.15, 0.2) is 5.78 Å². The van der Waals surface area contributed by atoms with Crippen molar-refractivity contribution in [3.63, 3.8) is 0 Å². The maximum absolute atomic E-state index is 13.8. The Balaban J connectivity index is 2.32. The highest BCUT2D eigenvalue weighted by atomic mass is 32.1. The molecule has 0 bridgehead atoms. The monoisotopic (exact) mass is 366 g/mol. The molecule has 0 amide bonds. The van der Waals surface area contributed by atoms with Gasteiger partial charge < -0.3 is 5.11 Å². The number of carbonyl (C=O) groups excluding carboxylic acids is 1. The highest BCUT2D eigenvalue weighted by molar-refractivity contribution is 7.14. The summed E-state index contributed by atoms with van der Waals surface area (Å²) in [5, 5.41) is 8.79. The zero-order valence-electron chi connectivity index (χ0n) is 14.5. The Hall–Kier alpha value is -2.08. The average molecular weight is 366 g/mol. The van der Waals surface area contributed by atoms with E-state index in [4.69, 9.17) is 5.11 Å². The molecule has 0 fully saturated rings. The normalized spacial score (nSPS) is 11.4. The number of aromatic carboxylic acids is 1. The molecule has 134 valence electrons. The number of hydrogen-bond acceptors (Lipinski definition) is 3. The molecular formula is C19H20F2O3S. The molecule has 0 saturated heterocycles. The molecule has 0 spiro atoms. The van der Waals surface area contributed by atoms with E-state index in [0.717, 1.165) is 22.6 Å². The van der Waals surface area contributed by atoms with Crippen LogP contribution in [0.1, 0.15) is 75.6 Å². The maximum atomic E-state index is 13.8. The molecule has 2 rings (SSSR count). The highest BCUT2D eigenvalue weighted by Gasteiger charge is 2.21. The zero-order valence-corrected chi connectivity index (χ0v) is 15.3. The number of thiophene rings is 1. The van der Waals surface area contributed by atoms with Crippen molar-refractivity contribution in [2.75, 3.05) is 0 Å². The second-order valence-electron chi connectivity index (χ2n) is 6.58. The van der Waals surface area contributed by atoms with E-state index in [2.05, 4.69) is 27.7 Å². The van der Waals surface area contributed by atoms with Gasteiger partial charge in [0.2, 0.25) is 0 Å². The molecule has 1 heterocycles. The fourth-order valence-corrected chi connectivity index (χ4v) is 3.92. The van der Waals surface area contributed by atoms with Gasteiger partial charge in [0, 0.05) is 11.3 Å². The van der Waals surface area contributed by atoms with Gasteiger partial charge in [0.05, 0.1) is 4.88 Å². The molecule has 6 heteroatoms. The third kappa shape index (κ3) is 4.12. The van der Waals surface area contributed by atoms with Crippen LogP contribution in [0.25, 0.3) is 0 Å². The van der Waals surface area contributed by atoms with Gasteiger partial charge in [-0.3, -0.25) is 4.79 Å². The van der Waals surface area contributed by atoms with Crippen LogP contribution in [0.15, 0.2) is 18.2 Å². The van der Waals surface area contributed by atoms with E-state index in [-0.39, 0.29) is 29.6 Å². The molecule has 0 aliphatic heterocycles. The van der Waals surface area contributed by atoms with Crippen LogP contribution >= 0.6 is 11.3 Å². The lowest BCUT2D eigenvalue weighted by Crippen LogP contribution is -2.08. The van der Waals surface area contributed by atoms with Gasteiger partial charge in [-0.15, -0.1) is 11.3 Å². The predicted molar refractivity (Wildman–Crippen MR) is 93.8 cm³/mol. The summed E-state index contributed by atoms with van der Waals surface area (Å²) in [6, 6.07) is 3.67. The maximum Gasteiger partial charge on any atom is 0.341 e. The number of carbonyl (C=O) groups is 2. The van der Waals surface area contributed by atoms with E-state index < -0.39 is 23.2 Å². The fraction of sp³-hybridized carbons (Fsp3) is 0.368. The van der Waals surface area contributed by atoms with Crippen LogP contribution in [0.2, 0.25) is 0 Å². The first-order valence-electron chi connectivity index (χ1n) is 7.99. The molecule has 2 aromatic rings. The van der Waals surface area contributed by atoms with E-state index in [0.29, 0.717) is 4.88 Å². The second kappa shape index (κ2) is 7.44. The van der Waals surface area contributed by atoms with Gasteiger partial charge in [-0.2, -0.15) is 0 Å². The van der Waals surface area contributed by atoms with Gasteiger partial charge in [0.25, 0.3) is 0 Å². The summed E-state index contributed by atoms with van der Waals surface area (Å²) < 4.78 is 27.5. The molecule has 0 unspecified atom stereocenters. The van der Waals surface area contributed by atoms with E-state index in [1.165, 1.54) is 11.3 Å². The molecule has 0 atom stereocenters. The first-order chi connectivity index (χ1) is 11.6. The molecule has 3 nitrogen and oxygen atoms in total. The van der Waals surface area contributed by atoms with Crippen molar-refractivity contribution in [2.24, 2.45) is 0 Å². The lowest BCUT2D eigenvalue weighted by atomic mass is 9.98. The fourth-order valence-electron chi connectivity index (χ4n) is 2.66. The zero-order chi connectivity index (χ0) is 18.9. The Morgan fingerprint density at radius 2 is 1.60 bits per heavy atom. The van der Waals surface area contributed by atoms with Crippen LogP contribution in [0.4, 0.5) is 8.78 Å². The molecule has 25 heavy (non-hydrogen) atoms. The third-order valence-corrected chi connectivity index (χ3v) is 5.39. The lowest BCUT2D eigenvalue weighted by Gasteiger charge is -2.08. The Bertz CT molecular complexity index is 774. The number of hydrogen-bond donors (Lipinski definition) is 1. The van der Waals surface area contributed by atoms with Crippen molar-refractivity contribution in [3.05, 3.63) is 56.3 Å². The van der Waals surface area contributed by atoms with Crippen molar-refractivity contribution in [3.8, 4) is 0 Å². The number of rotatable bonds is 6. The molecule has 1 aromatic heterocycles. The van der Waals surface area contributed by atoms with Crippen molar-refractivity contribution in [1.82, 2.24) is 0 Å². The van der Waals surface area contributed by atoms with Crippen LogP contribution in [0.5, 0.6) is 0 Å². The standard InChI is InChI=1S/C19H20F2O3S/c1-9(2)12-8-16(25-18(12)10(3)4)15(22)7-11-5-13(20)17(19(23)24)14(21)6-11/h5-6,8-10H,7H2,1-4H3,(H,23,24). The number of carboxylic acid groups (broad SMARTS) is 1. The topological polar surface area (TPSA) is 54.4 Å². The molecule has 0 radical (unpaired) electrons. The lowest BCUT2D eigenvalue weighted by molar-refractivity contribution is 0.0686. The molecule has 1 aromatic carbocycles. The van der Waals surface area contributed by atoms with E-state index in [1.807, 2.05) is 6.07 Å². The first kappa shape index (κ1) is 19.2. The van der Waals surface area contributed by atoms with Crippen molar-refractivity contribution >= 4 is 23.1 Å². The summed E-state index contributed by atoms with van der Waals surface area (Å²) >= 11 is 1.41. The molecule has 0 saturated carbocycles. The number of ketones is 1. The van der Waals surface area contributed by atoms with E-state index in [9.17, 15) is 18.4 Å². The van der Waals surface area contributed by atoms with E-state index >= 15 is 0 Å². The van der Waals surface area contributed by atoms with Crippen molar-refractivity contribution in [1.29, 1.82) is 0 Å². The average Bonchev–Trinajstić information content (AvgIpc) is 2.91. The van der Waals surface area contributed by atoms with Crippen LogP contribution in [-0.4, -0.2) is 16.9 Å². The Labute approximate surface area is 149 Å². The Morgan fingerprint density at radius 1 is 1.04 bits per heavy atom. The van der Waals surface area contributed by atoms with Gasteiger partial charge in [-0.1, -0.05) is 27.7 Å². The van der Waals surface area contributed by atoms with Crippen molar-refractivity contribution < 1.29 is 23.5 Å². The summed E-state index contributed by atoms with van der Waals surface area (Å²) in [6.45, 7) is 8.22. The van der Waals surface area contributed by atoms with Crippen LogP contribution in [0, 0.1) is 11.6 Å². The largest absolute Gasteiger partial charge is 0.477 e. The minimum Gasteiger partial charge on any atom is -0.477 e. The minimum absolute atomic E-state index is 0.121. The molecule has 0 aliphatic rings. The Morgan fingerprint density at radius 3 is 2.00 bits per heavy atom. The van der Waals surface area contributed by atoms with Gasteiger partial charge in [0.1, 0.15) is 17.2 Å². The molecule has 0 aliphatic carbocycles. The predicted octanol–water partition coefficient (Wildman–Crippen LogP) is 5.40. The highest BCUT2D eigenvalue weighted by Crippen LogP contribution is 2.34. The SMILES string of the molecule is CC(C)c1cc(C(=O)Cc2cc(F)c(C(=O)O)c(F)c2)sc1C(C)C. The Kier molecular flexibility index (Phi) is 5.72. The summed E-state index contributed by atoms with van der Waals surface area (Å²) in [5.41, 5.74) is 0.231. The summed E-state index contributed by atoms with van der Waals surface area (Å²) in [4.78, 5) is 25.0. The summed E-state index contributed by atoms with van der Waals surface area (Å²) in [7, 11) is 0. The third-order valence-electron chi connectivity index (χ3n) is 3.89. The molecule has 1 N–H and O–H groups in total. The van der Waals surface area contributed by atoms with E-state index in [1.54, 1.807) is 0 Å². The minimum atomic E-state index is -1.67. The van der Waals surface area contributed by atoms with Crippen molar-refractivity contribution in [2.45, 2.75) is 46.0 Å². The van der Waals surface area contributed by atoms with Gasteiger partial charge in [-0.05, 0) is 41.2 Å².